The van der Waals surface area contributed by atoms with Crippen LogP contribution in [0.5, 0.6) is 11.8 Å². The molecule has 0 spiro atoms. The monoisotopic (exact) mass is 1010 g/mol. The number of rotatable bonds is 12. The van der Waals surface area contributed by atoms with Crippen molar-refractivity contribution in [3.05, 3.63) is 88.7 Å². The van der Waals surface area contributed by atoms with Gasteiger partial charge in [-0.3, -0.25) is 24.3 Å². The van der Waals surface area contributed by atoms with Crippen LogP contribution in [0, 0.1) is 36.3 Å². The molecule has 380 valence electrons. The number of aromatic hydroxyl groups is 1. The normalized spacial score (nSPS) is 20.8. The van der Waals surface area contributed by atoms with Gasteiger partial charge in [0.1, 0.15) is 46.8 Å². The quantitative estimate of drug-likeness (QED) is 0.0919. The number of nitrogens with one attached hydrogen (secondary N) is 3. The van der Waals surface area contributed by atoms with Gasteiger partial charge in [0, 0.05) is 74.9 Å². The number of thiazole rings is 1. The molecule has 16 nitrogen and oxygen atoms in total. The fraction of sp³-hybridized carbons (Fsp3) is 0.426. The number of nitrogens with zero attached hydrogens (tertiary/aromatic N) is 7. The van der Waals surface area contributed by atoms with Gasteiger partial charge in [-0.15, -0.1) is 17.8 Å². The number of terminal acetylenes is 1. The first-order valence-corrected chi connectivity index (χ1v) is 25.6. The van der Waals surface area contributed by atoms with Crippen LogP contribution in [0.1, 0.15) is 69.7 Å². The van der Waals surface area contributed by atoms with Gasteiger partial charge >= 0.3 is 6.01 Å². The number of anilines is 1. The predicted octanol–water partition coefficient (Wildman–Crippen LogP) is 5.83. The second kappa shape index (κ2) is 20.2. The van der Waals surface area contributed by atoms with Gasteiger partial charge in [-0.1, -0.05) is 57.0 Å². The van der Waals surface area contributed by atoms with Crippen LogP contribution in [0.4, 0.5) is 14.6 Å². The van der Waals surface area contributed by atoms with Crippen LogP contribution < -0.4 is 25.6 Å². The summed E-state index contributed by atoms with van der Waals surface area (Å²) in [5.41, 5.74) is 3.73. The molecule has 4 saturated heterocycles. The summed E-state index contributed by atoms with van der Waals surface area (Å²) < 4.78 is 38.7. The van der Waals surface area contributed by atoms with Crippen molar-refractivity contribution < 1.29 is 38.1 Å². The summed E-state index contributed by atoms with van der Waals surface area (Å²) >= 11 is 1.56. The van der Waals surface area contributed by atoms with Crippen LogP contribution in [0.15, 0.2) is 60.2 Å². The number of aromatic nitrogens is 4. The molecule has 5 N–H and O–H groups in total. The first kappa shape index (κ1) is 49.7. The summed E-state index contributed by atoms with van der Waals surface area (Å²) in [5.74, 6) is 0.00372. The maximum Gasteiger partial charge on any atom is 0.319 e. The Balaban J connectivity index is 0.809. The molecule has 4 aliphatic rings. The molecule has 2 bridgehead atoms. The number of carbonyl (C=O) groups excluding carboxylic acids is 3. The smallest absolute Gasteiger partial charge is 0.319 e. The molecule has 3 aromatic carbocycles. The van der Waals surface area contributed by atoms with Crippen LogP contribution in [0.3, 0.4) is 0 Å². The molecule has 0 aliphatic carbocycles. The lowest BCUT2D eigenvalue weighted by Crippen LogP contribution is -2.59. The second-order valence-corrected chi connectivity index (χ2v) is 21.6. The first-order valence-electron chi connectivity index (χ1n) is 24.7. The number of carbonyl (C=O) groups is 3. The summed E-state index contributed by atoms with van der Waals surface area (Å²) in [5, 5.41) is 32.0. The Morgan fingerprint density at radius 3 is 2.42 bits per heavy atom. The molecule has 4 fully saturated rings. The second-order valence-electron chi connectivity index (χ2n) is 20.8. The van der Waals surface area contributed by atoms with Crippen LogP contribution in [0.25, 0.3) is 43.4 Å². The van der Waals surface area contributed by atoms with Crippen molar-refractivity contribution in [2.45, 2.75) is 103 Å². The number of pyridine rings is 1. The number of fused-ring (bicyclic) bond motifs is 4. The number of benzene rings is 3. The number of piperazine rings is 1. The van der Waals surface area contributed by atoms with E-state index in [1.807, 2.05) is 56.9 Å². The molecule has 7 heterocycles. The zero-order valence-corrected chi connectivity index (χ0v) is 41.9. The van der Waals surface area contributed by atoms with E-state index in [2.05, 4.69) is 41.7 Å². The molecule has 0 radical (unpaired) electrons. The van der Waals surface area contributed by atoms with Gasteiger partial charge in [-0.2, -0.15) is 9.97 Å². The molecule has 5 atom stereocenters. The summed E-state index contributed by atoms with van der Waals surface area (Å²) in [6.07, 6.45) is 9.01. The molecule has 4 aliphatic heterocycles. The molecule has 10 rings (SSSR count). The highest BCUT2D eigenvalue weighted by Crippen LogP contribution is 2.40. The standard InChI is InChI=1S/C54H58F2N10O6S/c1-6-38-41(55)14-11-32-19-35(67)20-39(44(32)38)46-45(56)47-40(23-57-46)50(65-24-33-12-13-34(25-65)60-33)63-53(62-47)72-37-15-17-64(18-16-37)27-43(69)61-49(54(3,4)5)52(71)66-26-36(68)21-42(66)51(70)58-22-30-7-9-31(10-8-30)48-29(2)59-28-73-48/h1,7-11,14,19-20,23,28,33-34,36-37,42,49,60,67-68H,12-13,15-18,21-22,24-27H2,2-5H3,(H,58,70)(H,61,69)/t33?,34?,36-,42+,49-/m1/s1. The SMILES string of the molecule is C#Cc1c(F)ccc2cc(O)cc(-c3ncc4c(N5CC6CCC(C5)N6)nc(OC5CCN(CC(=O)N[C@H](C(=O)N6C[C@H](O)C[C@H]6C(=O)NCc6ccc(-c7scnc7C)cc6)C(C)(C)C)CC5)nc4c3F)c12. The Labute approximate surface area is 425 Å². The zero-order valence-electron chi connectivity index (χ0n) is 41.1. The number of phenols is 1. The maximum atomic E-state index is 17.1. The minimum atomic E-state index is -0.989. The van der Waals surface area contributed by atoms with Gasteiger partial charge in [0.05, 0.1) is 39.7 Å². The van der Waals surface area contributed by atoms with E-state index in [9.17, 15) is 24.6 Å². The number of phenolic OH excluding ortho intramolecular Hbond substituents is 1. The van der Waals surface area contributed by atoms with Crippen molar-refractivity contribution in [2.75, 3.05) is 44.2 Å². The van der Waals surface area contributed by atoms with Gasteiger partial charge in [-0.05, 0) is 72.7 Å². The van der Waals surface area contributed by atoms with E-state index < -0.39 is 41.1 Å². The lowest BCUT2D eigenvalue weighted by Gasteiger charge is -2.36. The molecule has 0 saturated carbocycles. The van der Waals surface area contributed by atoms with Crippen molar-refractivity contribution in [3.8, 4) is 45.8 Å². The van der Waals surface area contributed by atoms with E-state index in [0.29, 0.717) is 55.6 Å². The highest BCUT2D eigenvalue weighted by Gasteiger charge is 2.45. The van der Waals surface area contributed by atoms with Gasteiger partial charge in [0.15, 0.2) is 5.82 Å². The number of ether oxygens (including phenoxy) is 1. The number of aliphatic hydroxyl groups excluding tert-OH is 1. The molecule has 6 aromatic rings. The number of β-amino-alcohol motifs (C(OH)–C–C–N with tert-alkyl or cyclic N) is 1. The summed E-state index contributed by atoms with van der Waals surface area (Å²) in [6, 6.07) is 11.8. The fourth-order valence-corrected chi connectivity index (χ4v) is 11.6. The third-order valence-corrected chi connectivity index (χ3v) is 15.5. The third kappa shape index (κ3) is 10.3. The highest BCUT2D eigenvalue weighted by atomic mass is 32.1. The summed E-state index contributed by atoms with van der Waals surface area (Å²) in [6.45, 7) is 9.89. The van der Waals surface area contributed by atoms with Crippen molar-refractivity contribution >= 4 is 56.6 Å². The number of piperidine rings is 1. The summed E-state index contributed by atoms with van der Waals surface area (Å²) in [4.78, 5) is 66.6. The van der Waals surface area contributed by atoms with Gasteiger partial charge in [-0.25, -0.2) is 13.8 Å². The van der Waals surface area contributed by atoms with Crippen molar-refractivity contribution in [2.24, 2.45) is 5.41 Å². The molecule has 2 unspecified atom stereocenters. The molecule has 3 aromatic heterocycles. The lowest BCUT2D eigenvalue weighted by atomic mass is 9.85. The van der Waals surface area contributed by atoms with E-state index >= 15 is 8.78 Å². The van der Waals surface area contributed by atoms with Crippen LogP contribution >= 0.6 is 11.3 Å². The Bertz CT molecular complexity index is 3140. The van der Waals surface area contributed by atoms with Crippen LogP contribution in [-0.4, -0.2) is 133 Å². The molecule has 19 heteroatoms. The van der Waals surface area contributed by atoms with Crippen LogP contribution in [0.2, 0.25) is 0 Å². The van der Waals surface area contributed by atoms with Crippen molar-refractivity contribution in [3.63, 3.8) is 0 Å². The zero-order chi connectivity index (χ0) is 51.3. The number of aliphatic hydroxyl groups is 1. The topological polar surface area (TPSA) is 198 Å². The van der Waals surface area contributed by atoms with Crippen LogP contribution in [-0.2, 0) is 20.9 Å². The van der Waals surface area contributed by atoms with E-state index in [4.69, 9.17) is 16.1 Å². The van der Waals surface area contributed by atoms with Gasteiger partial charge in [0.2, 0.25) is 17.7 Å². The predicted molar refractivity (Wildman–Crippen MR) is 274 cm³/mol. The van der Waals surface area contributed by atoms with E-state index in [0.717, 1.165) is 34.5 Å². The molecular formula is C54H58F2N10O6S. The number of halogens is 2. The minimum absolute atomic E-state index is 0.00156. The Kier molecular flexibility index (Phi) is 13.8. The number of aryl methyl sites for hydroxylation is 1. The van der Waals surface area contributed by atoms with E-state index in [-0.39, 0.29) is 95.5 Å². The van der Waals surface area contributed by atoms with Crippen molar-refractivity contribution in [1.29, 1.82) is 0 Å². The third-order valence-electron chi connectivity index (χ3n) is 14.5. The van der Waals surface area contributed by atoms with Crippen molar-refractivity contribution in [1.82, 2.24) is 45.7 Å². The number of amides is 3. The van der Waals surface area contributed by atoms with Gasteiger partial charge < -0.3 is 40.7 Å². The maximum absolute atomic E-state index is 17.1. The number of likely N-dealkylation sites (tertiary alicyclic amines) is 2. The lowest BCUT2D eigenvalue weighted by molar-refractivity contribution is -0.144. The minimum Gasteiger partial charge on any atom is -0.508 e. The Morgan fingerprint density at radius 1 is 1.00 bits per heavy atom. The number of hydrogen-bond donors (Lipinski definition) is 5. The Hall–Kier alpha value is -6.85. The average molecular weight is 1010 g/mol. The summed E-state index contributed by atoms with van der Waals surface area (Å²) in [7, 11) is 0. The fourth-order valence-electron chi connectivity index (χ4n) is 10.8. The molecular weight excluding hydrogens is 955 g/mol. The number of hydrogen-bond acceptors (Lipinski definition) is 14. The Morgan fingerprint density at radius 2 is 1.74 bits per heavy atom. The first-order chi connectivity index (χ1) is 35.0. The van der Waals surface area contributed by atoms with E-state index in [1.54, 1.807) is 16.8 Å². The average Bonchev–Trinajstić information content (AvgIpc) is 4.09. The molecule has 73 heavy (non-hydrogen) atoms. The van der Waals surface area contributed by atoms with E-state index in [1.165, 1.54) is 35.4 Å². The van der Waals surface area contributed by atoms with Gasteiger partial charge in [0.25, 0.3) is 0 Å². The molecule has 3 amide bonds. The highest BCUT2D eigenvalue weighted by molar-refractivity contribution is 7.13. The largest absolute Gasteiger partial charge is 0.508 e.